The Morgan fingerprint density at radius 3 is 2.26 bits per heavy atom. The lowest BCUT2D eigenvalue weighted by atomic mass is 10.00. The molecule has 0 atom stereocenters. The van der Waals surface area contributed by atoms with Gasteiger partial charge in [-0.1, -0.05) is 42.0 Å². The molecular formula is C29H37N5O. The van der Waals surface area contributed by atoms with Gasteiger partial charge in [0.2, 0.25) is 0 Å². The number of nitrogens with two attached hydrogens (primary N) is 1. The Morgan fingerprint density at radius 2 is 1.60 bits per heavy atom. The van der Waals surface area contributed by atoms with Gasteiger partial charge in [-0.05, 0) is 81.8 Å². The second-order valence-electron chi connectivity index (χ2n) is 10.2. The summed E-state index contributed by atoms with van der Waals surface area (Å²) in [6.07, 6.45) is 7.37. The number of nitrogens with one attached hydrogen (secondary N) is 1. The van der Waals surface area contributed by atoms with Crippen LogP contribution >= 0.6 is 0 Å². The predicted molar refractivity (Wildman–Crippen MR) is 141 cm³/mol. The fourth-order valence-corrected chi connectivity index (χ4v) is 5.66. The van der Waals surface area contributed by atoms with E-state index < -0.39 is 5.91 Å². The minimum atomic E-state index is -0.412. The molecule has 3 aromatic rings. The average molecular weight is 472 g/mol. The zero-order valence-electron chi connectivity index (χ0n) is 20.8. The number of nitrogens with zero attached hydrogens (tertiary/aromatic N) is 3. The van der Waals surface area contributed by atoms with E-state index in [1.807, 2.05) is 0 Å². The van der Waals surface area contributed by atoms with Crippen LogP contribution in [-0.2, 0) is 19.3 Å². The maximum Gasteiger partial charge on any atom is 0.252 e. The van der Waals surface area contributed by atoms with Crippen molar-refractivity contribution in [3.8, 4) is 0 Å². The number of carbonyl (C=O) groups is 1. The van der Waals surface area contributed by atoms with E-state index in [0.717, 1.165) is 42.5 Å². The molecule has 0 unspecified atom stereocenters. The number of likely N-dealkylation sites (tertiary alicyclic amines) is 1. The molecule has 3 N–H and O–H groups in total. The number of rotatable bonds is 8. The van der Waals surface area contributed by atoms with Gasteiger partial charge in [-0.2, -0.15) is 5.10 Å². The quantitative estimate of drug-likeness (QED) is 0.515. The van der Waals surface area contributed by atoms with Gasteiger partial charge in [0, 0.05) is 31.2 Å². The van der Waals surface area contributed by atoms with Gasteiger partial charge in [-0.25, -0.2) is 0 Å². The number of H-pyrrole nitrogens is 1. The fourth-order valence-electron chi connectivity index (χ4n) is 5.66. The van der Waals surface area contributed by atoms with Gasteiger partial charge in [-0.15, -0.1) is 0 Å². The molecule has 0 aliphatic carbocycles. The number of aromatic nitrogens is 2. The number of amides is 1. The third-order valence-electron chi connectivity index (χ3n) is 7.74. The van der Waals surface area contributed by atoms with Crippen molar-refractivity contribution in [1.29, 1.82) is 0 Å². The molecule has 0 bridgehead atoms. The van der Waals surface area contributed by atoms with E-state index >= 15 is 0 Å². The van der Waals surface area contributed by atoms with Crippen LogP contribution in [0, 0.1) is 6.92 Å². The second kappa shape index (κ2) is 10.6. The summed E-state index contributed by atoms with van der Waals surface area (Å²) in [5, 5.41) is 7.55. The van der Waals surface area contributed by atoms with Crippen LogP contribution in [0.2, 0.25) is 0 Å². The van der Waals surface area contributed by atoms with E-state index in [1.165, 1.54) is 55.6 Å². The van der Waals surface area contributed by atoms with E-state index in [0.29, 0.717) is 18.4 Å². The summed E-state index contributed by atoms with van der Waals surface area (Å²) in [6, 6.07) is 18.0. The van der Waals surface area contributed by atoms with Gasteiger partial charge in [0.15, 0.2) is 0 Å². The molecule has 184 valence electrons. The number of benzene rings is 2. The van der Waals surface area contributed by atoms with Crippen molar-refractivity contribution in [3.05, 3.63) is 82.2 Å². The smallest absolute Gasteiger partial charge is 0.252 e. The molecule has 0 spiro atoms. The Labute approximate surface area is 208 Å². The highest BCUT2D eigenvalue weighted by molar-refractivity contribution is 5.95. The lowest BCUT2D eigenvalue weighted by molar-refractivity contribution is 0.0998. The van der Waals surface area contributed by atoms with E-state index in [-0.39, 0.29) is 0 Å². The Hall–Kier alpha value is -3.12. The van der Waals surface area contributed by atoms with Crippen molar-refractivity contribution < 1.29 is 4.79 Å². The Kier molecular flexibility index (Phi) is 7.19. The SMILES string of the molecule is Cc1ccc(CCc2n[nH]c(Cc3ccc(N4CCC(N5CCCC5)CC4)cc3)c2C(N)=O)cc1. The first-order valence-corrected chi connectivity index (χ1v) is 13.1. The fraction of sp³-hybridized carbons (Fsp3) is 0.448. The summed E-state index contributed by atoms with van der Waals surface area (Å²) in [5.41, 5.74) is 12.8. The molecule has 3 heterocycles. The molecular weight excluding hydrogens is 434 g/mol. The van der Waals surface area contributed by atoms with Crippen molar-refractivity contribution in [2.45, 2.75) is 57.9 Å². The number of piperidine rings is 1. The van der Waals surface area contributed by atoms with Crippen molar-refractivity contribution in [3.63, 3.8) is 0 Å². The van der Waals surface area contributed by atoms with Gasteiger partial charge < -0.3 is 15.5 Å². The number of anilines is 1. The van der Waals surface area contributed by atoms with Gasteiger partial charge in [0.25, 0.3) is 5.91 Å². The third kappa shape index (κ3) is 5.59. The largest absolute Gasteiger partial charge is 0.371 e. The summed E-state index contributed by atoms with van der Waals surface area (Å²) in [4.78, 5) is 17.5. The Balaban J connectivity index is 1.20. The first-order valence-electron chi connectivity index (χ1n) is 13.1. The molecule has 0 radical (unpaired) electrons. The van der Waals surface area contributed by atoms with Crippen LogP contribution < -0.4 is 10.6 Å². The summed E-state index contributed by atoms with van der Waals surface area (Å²) in [6.45, 7) is 6.90. The monoisotopic (exact) mass is 471 g/mol. The van der Waals surface area contributed by atoms with Crippen LogP contribution in [-0.4, -0.2) is 53.2 Å². The average Bonchev–Trinajstić information content (AvgIpc) is 3.55. The molecule has 6 heteroatoms. The highest BCUT2D eigenvalue weighted by Crippen LogP contribution is 2.26. The number of hydrogen-bond acceptors (Lipinski definition) is 4. The third-order valence-corrected chi connectivity index (χ3v) is 7.74. The van der Waals surface area contributed by atoms with Gasteiger partial charge in [0.05, 0.1) is 17.0 Å². The van der Waals surface area contributed by atoms with Crippen LogP contribution in [0.25, 0.3) is 0 Å². The van der Waals surface area contributed by atoms with Gasteiger partial charge in [0.1, 0.15) is 0 Å². The maximum atomic E-state index is 12.3. The highest BCUT2D eigenvalue weighted by atomic mass is 16.1. The van der Waals surface area contributed by atoms with Crippen LogP contribution in [0.15, 0.2) is 48.5 Å². The van der Waals surface area contributed by atoms with Crippen LogP contribution in [0.5, 0.6) is 0 Å². The topological polar surface area (TPSA) is 78.2 Å². The Morgan fingerprint density at radius 1 is 0.943 bits per heavy atom. The normalized spacial score (nSPS) is 17.2. The number of aryl methyl sites for hydroxylation is 3. The van der Waals surface area contributed by atoms with Crippen molar-refractivity contribution in [2.75, 3.05) is 31.1 Å². The summed E-state index contributed by atoms with van der Waals surface area (Å²) < 4.78 is 0. The van der Waals surface area contributed by atoms with E-state index in [9.17, 15) is 4.79 Å². The molecule has 2 aliphatic heterocycles. The number of primary amides is 1. The lowest BCUT2D eigenvalue weighted by Crippen LogP contribution is -2.43. The Bertz CT molecular complexity index is 1120. The minimum absolute atomic E-state index is 0.412. The van der Waals surface area contributed by atoms with Crippen molar-refractivity contribution in [2.24, 2.45) is 5.73 Å². The lowest BCUT2D eigenvalue weighted by Gasteiger charge is -2.37. The summed E-state index contributed by atoms with van der Waals surface area (Å²) in [5.74, 6) is -0.412. The molecule has 2 saturated heterocycles. The zero-order valence-corrected chi connectivity index (χ0v) is 20.8. The van der Waals surface area contributed by atoms with E-state index in [4.69, 9.17) is 5.73 Å². The van der Waals surface area contributed by atoms with Crippen molar-refractivity contribution >= 4 is 11.6 Å². The number of carbonyl (C=O) groups excluding carboxylic acids is 1. The first-order chi connectivity index (χ1) is 17.1. The van der Waals surface area contributed by atoms with E-state index in [2.05, 4.69) is 75.5 Å². The standard InChI is InChI=1S/C29H37N5O/c1-21-4-6-22(7-5-21)10-13-26-28(29(30)35)27(32-31-26)20-23-8-11-24(12-9-23)34-18-14-25(15-19-34)33-16-2-3-17-33/h4-9,11-12,25H,2-3,10,13-20H2,1H3,(H2,30,35)(H,31,32). The zero-order chi connectivity index (χ0) is 24.2. The maximum absolute atomic E-state index is 12.3. The first kappa shape index (κ1) is 23.6. The predicted octanol–water partition coefficient (Wildman–Crippen LogP) is 4.26. The second-order valence-corrected chi connectivity index (χ2v) is 10.2. The molecule has 0 saturated carbocycles. The molecule has 2 aliphatic rings. The summed E-state index contributed by atoms with van der Waals surface area (Å²) >= 11 is 0. The molecule has 2 aromatic carbocycles. The number of hydrogen-bond donors (Lipinski definition) is 2. The minimum Gasteiger partial charge on any atom is -0.371 e. The van der Waals surface area contributed by atoms with Crippen LogP contribution in [0.4, 0.5) is 5.69 Å². The highest BCUT2D eigenvalue weighted by Gasteiger charge is 2.26. The molecule has 2 fully saturated rings. The van der Waals surface area contributed by atoms with Crippen LogP contribution in [0.3, 0.4) is 0 Å². The molecule has 5 rings (SSSR count). The molecule has 35 heavy (non-hydrogen) atoms. The van der Waals surface area contributed by atoms with Gasteiger partial charge in [-0.3, -0.25) is 9.89 Å². The number of aromatic amines is 1. The molecule has 1 aromatic heterocycles. The van der Waals surface area contributed by atoms with E-state index in [1.54, 1.807) is 0 Å². The van der Waals surface area contributed by atoms with Gasteiger partial charge >= 0.3 is 0 Å². The van der Waals surface area contributed by atoms with Crippen molar-refractivity contribution in [1.82, 2.24) is 15.1 Å². The van der Waals surface area contributed by atoms with Crippen LogP contribution in [0.1, 0.15) is 64.1 Å². The molecule has 6 nitrogen and oxygen atoms in total. The summed E-state index contributed by atoms with van der Waals surface area (Å²) in [7, 11) is 0. The molecule has 1 amide bonds.